The first-order chi connectivity index (χ1) is 11.1. The number of nitrogens with zero attached hydrogens (tertiary/aromatic N) is 4. The molecule has 7 heteroatoms. The molecule has 0 amide bonds. The average Bonchev–Trinajstić information content (AvgIpc) is 2.95. The standard InChI is InChI=1S/C16H22FN5O/c1-12-20-15(23-21-12)5-4-10-19-16(18-2)22(3)11-13-6-8-14(17)9-7-13/h6-9H,4-5,10-11H2,1-3H3,(H,18,19). The van der Waals surface area contributed by atoms with Gasteiger partial charge >= 0.3 is 0 Å². The second kappa shape index (κ2) is 8.26. The van der Waals surface area contributed by atoms with Crippen molar-refractivity contribution in [3.63, 3.8) is 0 Å². The number of aliphatic imine (C=N–C) groups is 1. The van der Waals surface area contributed by atoms with Crippen LogP contribution in [0.2, 0.25) is 0 Å². The third kappa shape index (κ3) is 5.36. The molecule has 124 valence electrons. The molecule has 1 N–H and O–H groups in total. The Kier molecular flexibility index (Phi) is 6.08. The van der Waals surface area contributed by atoms with Crippen LogP contribution in [0.4, 0.5) is 4.39 Å². The number of aryl methyl sites for hydroxylation is 2. The van der Waals surface area contributed by atoms with Crippen molar-refractivity contribution in [3.05, 3.63) is 47.4 Å². The van der Waals surface area contributed by atoms with Gasteiger partial charge in [-0.3, -0.25) is 4.99 Å². The van der Waals surface area contributed by atoms with E-state index in [4.69, 9.17) is 4.52 Å². The normalized spacial score (nSPS) is 11.6. The second-order valence-electron chi connectivity index (χ2n) is 5.30. The number of rotatable bonds is 6. The molecule has 0 fully saturated rings. The monoisotopic (exact) mass is 319 g/mol. The number of nitrogens with one attached hydrogen (secondary N) is 1. The number of halogens is 1. The smallest absolute Gasteiger partial charge is 0.226 e. The Morgan fingerprint density at radius 1 is 1.35 bits per heavy atom. The summed E-state index contributed by atoms with van der Waals surface area (Å²) in [5.74, 6) is 1.87. The van der Waals surface area contributed by atoms with Crippen LogP contribution in [0.1, 0.15) is 23.7 Å². The van der Waals surface area contributed by atoms with Crippen molar-refractivity contribution < 1.29 is 8.91 Å². The lowest BCUT2D eigenvalue weighted by Crippen LogP contribution is -2.39. The van der Waals surface area contributed by atoms with E-state index in [1.165, 1.54) is 12.1 Å². The van der Waals surface area contributed by atoms with Crippen molar-refractivity contribution in [1.29, 1.82) is 0 Å². The van der Waals surface area contributed by atoms with Gasteiger partial charge in [-0.05, 0) is 31.0 Å². The first-order valence-corrected chi connectivity index (χ1v) is 7.54. The van der Waals surface area contributed by atoms with Crippen LogP contribution >= 0.6 is 0 Å². The second-order valence-corrected chi connectivity index (χ2v) is 5.30. The molecule has 2 aromatic rings. The van der Waals surface area contributed by atoms with Crippen LogP contribution in [0.15, 0.2) is 33.8 Å². The number of hydrogen-bond acceptors (Lipinski definition) is 4. The van der Waals surface area contributed by atoms with Crippen LogP contribution in [-0.2, 0) is 13.0 Å². The van der Waals surface area contributed by atoms with Crippen molar-refractivity contribution in [2.75, 3.05) is 20.6 Å². The number of guanidine groups is 1. The summed E-state index contributed by atoms with van der Waals surface area (Å²) in [6.07, 6.45) is 1.59. The quantitative estimate of drug-likeness (QED) is 0.502. The van der Waals surface area contributed by atoms with Crippen molar-refractivity contribution in [1.82, 2.24) is 20.4 Å². The van der Waals surface area contributed by atoms with Crippen molar-refractivity contribution in [3.8, 4) is 0 Å². The molecule has 0 saturated carbocycles. The minimum atomic E-state index is -0.227. The Morgan fingerprint density at radius 3 is 2.70 bits per heavy atom. The lowest BCUT2D eigenvalue weighted by Gasteiger charge is -2.22. The molecule has 0 aliphatic carbocycles. The molecule has 1 heterocycles. The molecule has 1 aromatic heterocycles. The van der Waals surface area contributed by atoms with Gasteiger partial charge in [-0.2, -0.15) is 4.98 Å². The Labute approximate surface area is 135 Å². The Balaban J connectivity index is 1.76. The highest BCUT2D eigenvalue weighted by molar-refractivity contribution is 5.79. The predicted octanol–water partition coefficient (Wildman–Crippen LogP) is 2.16. The maximum absolute atomic E-state index is 12.9. The summed E-state index contributed by atoms with van der Waals surface area (Å²) in [7, 11) is 3.69. The van der Waals surface area contributed by atoms with E-state index >= 15 is 0 Å². The number of aromatic nitrogens is 2. The summed E-state index contributed by atoms with van der Waals surface area (Å²) in [6, 6.07) is 6.48. The van der Waals surface area contributed by atoms with E-state index in [1.807, 2.05) is 11.9 Å². The fourth-order valence-electron chi connectivity index (χ4n) is 2.20. The van der Waals surface area contributed by atoms with Gasteiger partial charge in [0.1, 0.15) is 5.82 Å². The minimum Gasteiger partial charge on any atom is -0.356 e. The Hall–Kier alpha value is -2.44. The Bertz CT molecular complexity index is 638. The van der Waals surface area contributed by atoms with Gasteiger partial charge in [-0.25, -0.2) is 4.39 Å². The molecule has 0 aliphatic rings. The topological polar surface area (TPSA) is 66.5 Å². The van der Waals surface area contributed by atoms with Crippen LogP contribution in [0.5, 0.6) is 0 Å². The van der Waals surface area contributed by atoms with E-state index in [1.54, 1.807) is 26.1 Å². The third-order valence-corrected chi connectivity index (χ3v) is 3.33. The van der Waals surface area contributed by atoms with Crippen LogP contribution in [0.3, 0.4) is 0 Å². The molecular formula is C16H22FN5O. The summed E-state index contributed by atoms with van der Waals surface area (Å²) in [5, 5.41) is 7.05. The highest BCUT2D eigenvalue weighted by Gasteiger charge is 2.07. The van der Waals surface area contributed by atoms with Gasteiger partial charge in [0.2, 0.25) is 5.89 Å². The molecule has 1 aromatic carbocycles. The fraction of sp³-hybridized carbons (Fsp3) is 0.438. The lowest BCUT2D eigenvalue weighted by molar-refractivity contribution is 0.371. The van der Waals surface area contributed by atoms with Gasteiger partial charge in [-0.1, -0.05) is 17.3 Å². The highest BCUT2D eigenvalue weighted by Crippen LogP contribution is 2.06. The zero-order valence-corrected chi connectivity index (χ0v) is 13.7. The van der Waals surface area contributed by atoms with Gasteiger partial charge in [0.15, 0.2) is 11.8 Å². The number of hydrogen-bond donors (Lipinski definition) is 1. The molecular weight excluding hydrogens is 297 g/mol. The van der Waals surface area contributed by atoms with E-state index < -0.39 is 0 Å². The maximum atomic E-state index is 12.9. The molecule has 0 saturated heterocycles. The lowest BCUT2D eigenvalue weighted by atomic mass is 10.2. The van der Waals surface area contributed by atoms with E-state index in [-0.39, 0.29) is 5.82 Å². The first-order valence-electron chi connectivity index (χ1n) is 7.54. The van der Waals surface area contributed by atoms with Crippen molar-refractivity contribution in [2.24, 2.45) is 4.99 Å². The van der Waals surface area contributed by atoms with Gasteiger partial charge in [0, 0.05) is 33.6 Å². The summed E-state index contributed by atoms with van der Waals surface area (Å²) in [6.45, 7) is 3.21. The van der Waals surface area contributed by atoms with E-state index in [0.717, 1.165) is 30.9 Å². The SMILES string of the molecule is CN=C(NCCCc1nc(C)no1)N(C)Cc1ccc(F)cc1. The highest BCUT2D eigenvalue weighted by atomic mass is 19.1. The van der Waals surface area contributed by atoms with Crippen LogP contribution in [0.25, 0.3) is 0 Å². The molecule has 0 aliphatic heterocycles. The summed E-state index contributed by atoms with van der Waals surface area (Å²) in [5.41, 5.74) is 1.03. The molecule has 0 spiro atoms. The van der Waals surface area contributed by atoms with E-state index in [9.17, 15) is 4.39 Å². The van der Waals surface area contributed by atoms with Gasteiger partial charge in [-0.15, -0.1) is 0 Å². The zero-order valence-electron chi connectivity index (χ0n) is 13.7. The molecule has 23 heavy (non-hydrogen) atoms. The van der Waals surface area contributed by atoms with Crippen molar-refractivity contribution in [2.45, 2.75) is 26.3 Å². The molecule has 0 bridgehead atoms. The van der Waals surface area contributed by atoms with Crippen LogP contribution < -0.4 is 5.32 Å². The van der Waals surface area contributed by atoms with Crippen molar-refractivity contribution >= 4 is 5.96 Å². The van der Waals surface area contributed by atoms with Gasteiger partial charge < -0.3 is 14.7 Å². The van der Waals surface area contributed by atoms with Gasteiger partial charge in [0.05, 0.1) is 0 Å². The van der Waals surface area contributed by atoms with Crippen LogP contribution in [0, 0.1) is 12.7 Å². The summed E-state index contributed by atoms with van der Waals surface area (Å²) in [4.78, 5) is 10.4. The minimum absolute atomic E-state index is 0.227. The summed E-state index contributed by atoms with van der Waals surface area (Å²) < 4.78 is 18.0. The Morgan fingerprint density at radius 2 is 2.09 bits per heavy atom. The molecule has 0 atom stereocenters. The average molecular weight is 319 g/mol. The predicted molar refractivity (Wildman–Crippen MR) is 86.6 cm³/mol. The first kappa shape index (κ1) is 16.9. The molecule has 6 nitrogen and oxygen atoms in total. The number of benzene rings is 1. The van der Waals surface area contributed by atoms with E-state index in [0.29, 0.717) is 18.3 Å². The van der Waals surface area contributed by atoms with Crippen LogP contribution in [-0.4, -0.2) is 41.6 Å². The fourth-order valence-corrected chi connectivity index (χ4v) is 2.20. The zero-order chi connectivity index (χ0) is 16.7. The maximum Gasteiger partial charge on any atom is 0.226 e. The molecule has 0 radical (unpaired) electrons. The largest absolute Gasteiger partial charge is 0.356 e. The molecule has 0 unspecified atom stereocenters. The van der Waals surface area contributed by atoms with E-state index in [2.05, 4.69) is 20.4 Å². The third-order valence-electron chi connectivity index (χ3n) is 3.33. The van der Waals surface area contributed by atoms with Gasteiger partial charge in [0.25, 0.3) is 0 Å². The summed E-state index contributed by atoms with van der Waals surface area (Å²) >= 11 is 0. The molecule has 2 rings (SSSR count).